The van der Waals surface area contributed by atoms with Gasteiger partial charge < -0.3 is 9.47 Å². The standard InChI is InChI=1S/C16H18FNO3/c1-20-16(19)12-3-5-14(6-4-12)21-10-11-2-7-15(17)13(8-11)9-18/h2,7-8,12,14H,3-6,10H2,1H3. The molecule has 0 unspecified atom stereocenters. The Hall–Kier alpha value is -1.93. The highest BCUT2D eigenvalue weighted by Crippen LogP contribution is 2.27. The predicted octanol–water partition coefficient (Wildman–Crippen LogP) is 2.95. The highest BCUT2D eigenvalue weighted by Gasteiger charge is 2.27. The van der Waals surface area contributed by atoms with Gasteiger partial charge >= 0.3 is 5.97 Å². The van der Waals surface area contributed by atoms with Gasteiger partial charge in [-0.2, -0.15) is 5.26 Å². The zero-order valence-electron chi connectivity index (χ0n) is 12.0. The summed E-state index contributed by atoms with van der Waals surface area (Å²) < 4.78 is 23.7. The van der Waals surface area contributed by atoms with E-state index in [1.54, 1.807) is 6.07 Å². The molecule has 1 aliphatic carbocycles. The molecule has 0 amide bonds. The van der Waals surface area contributed by atoms with Gasteiger partial charge in [0.1, 0.15) is 11.9 Å². The minimum Gasteiger partial charge on any atom is -0.469 e. The van der Waals surface area contributed by atoms with Crippen LogP contribution in [0.4, 0.5) is 4.39 Å². The van der Waals surface area contributed by atoms with E-state index >= 15 is 0 Å². The molecule has 21 heavy (non-hydrogen) atoms. The molecule has 1 fully saturated rings. The fourth-order valence-electron chi connectivity index (χ4n) is 2.59. The van der Waals surface area contributed by atoms with Crippen molar-refractivity contribution >= 4 is 5.97 Å². The van der Waals surface area contributed by atoms with E-state index in [0.29, 0.717) is 6.61 Å². The van der Waals surface area contributed by atoms with Gasteiger partial charge in [0.2, 0.25) is 0 Å². The largest absolute Gasteiger partial charge is 0.469 e. The lowest BCUT2D eigenvalue weighted by atomic mass is 9.87. The Labute approximate surface area is 123 Å². The van der Waals surface area contributed by atoms with Crippen LogP contribution in [-0.4, -0.2) is 19.2 Å². The molecule has 2 rings (SSSR count). The molecule has 1 aromatic carbocycles. The van der Waals surface area contributed by atoms with Crippen LogP contribution in [0.15, 0.2) is 18.2 Å². The molecule has 1 aliphatic rings. The molecule has 0 atom stereocenters. The zero-order chi connectivity index (χ0) is 15.2. The monoisotopic (exact) mass is 291 g/mol. The number of carbonyl (C=O) groups is 1. The Bertz CT molecular complexity index is 545. The summed E-state index contributed by atoms with van der Waals surface area (Å²) in [6.45, 7) is 0.350. The van der Waals surface area contributed by atoms with Gasteiger partial charge in [0.05, 0.1) is 31.3 Å². The maximum atomic E-state index is 13.2. The number of benzene rings is 1. The van der Waals surface area contributed by atoms with Crippen LogP contribution in [0.5, 0.6) is 0 Å². The maximum absolute atomic E-state index is 13.2. The maximum Gasteiger partial charge on any atom is 0.308 e. The van der Waals surface area contributed by atoms with Gasteiger partial charge in [0, 0.05) is 0 Å². The summed E-state index contributed by atoms with van der Waals surface area (Å²) in [5, 5.41) is 8.79. The van der Waals surface area contributed by atoms with E-state index in [1.807, 2.05) is 6.07 Å². The molecule has 1 saturated carbocycles. The third-order valence-corrected chi connectivity index (χ3v) is 3.85. The van der Waals surface area contributed by atoms with Crippen LogP contribution in [0, 0.1) is 23.1 Å². The van der Waals surface area contributed by atoms with Crippen LogP contribution in [0.3, 0.4) is 0 Å². The number of hydrogen-bond donors (Lipinski definition) is 0. The van der Waals surface area contributed by atoms with E-state index in [4.69, 9.17) is 14.7 Å². The number of hydrogen-bond acceptors (Lipinski definition) is 4. The molecule has 0 bridgehead atoms. The van der Waals surface area contributed by atoms with Gasteiger partial charge in [0.15, 0.2) is 0 Å². The lowest BCUT2D eigenvalue weighted by Crippen LogP contribution is -2.26. The van der Waals surface area contributed by atoms with Crippen LogP contribution in [-0.2, 0) is 20.9 Å². The fraction of sp³-hybridized carbons (Fsp3) is 0.500. The molecule has 1 aromatic rings. The van der Waals surface area contributed by atoms with E-state index in [9.17, 15) is 9.18 Å². The van der Waals surface area contributed by atoms with Crippen molar-refractivity contribution in [2.75, 3.05) is 7.11 Å². The van der Waals surface area contributed by atoms with E-state index in [1.165, 1.54) is 19.2 Å². The summed E-state index contributed by atoms with van der Waals surface area (Å²) in [6, 6.07) is 6.23. The van der Waals surface area contributed by atoms with Gasteiger partial charge in [-0.3, -0.25) is 4.79 Å². The molecule has 0 aromatic heterocycles. The lowest BCUT2D eigenvalue weighted by molar-refractivity contribution is -0.147. The molecule has 0 radical (unpaired) electrons. The molecule has 112 valence electrons. The lowest BCUT2D eigenvalue weighted by Gasteiger charge is -2.27. The van der Waals surface area contributed by atoms with Gasteiger partial charge in [-0.15, -0.1) is 0 Å². The topological polar surface area (TPSA) is 59.3 Å². The Morgan fingerprint density at radius 1 is 1.38 bits per heavy atom. The third-order valence-electron chi connectivity index (χ3n) is 3.85. The van der Waals surface area contributed by atoms with Crippen molar-refractivity contribution < 1.29 is 18.7 Å². The number of esters is 1. The first-order chi connectivity index (χ1) is 10.1. The molecular weight excluding hydrogens is 273 g/mol. The molecule has 0 saturated heterocycles. The Kier molecular flexibility index (Phi) is 5.29. The third kappa shape index (κ3) is 4.02. The van der Waals surface area contributed by atoms with E-state index in [-0.39, 0.29) is 23.6 Å². The quantitative estimate of drug-likeness (QED) is 0.800. The minimum atomic E-state index is -0.514. The fourth-order valence-corrected chi connectivity index (χ4v) is 2.59. The zero-order valence-corrected chi connectivity index (χ0v) is 12.0. The van der Waals surface area contributed by atoms with Crippen LogP contribution in [0.1, 0.15) is 36.8 Å². The highest BCUT2D eigenvalue weighted by atomic mass is 19.1. The van der Waals surface area contributed by atoms with Crippen molar-refractivity contribution in [2.45, 2.75) is 38.4 Å². The SMILES string of the molecule is COC(=O)C1CCC(OCc2ccc(F)c(C#N)c2)CC1. The average Bonchev–Trinajstić information content (AvgIpc) is 2.53. The van der Waals surface area contributed by atoms with Crippen molar-refractivity contribution in [2.24, 2.45) is 5.92 Å². The molecule has 0 N–H and O–H groups in total. The number of nitrogens with zero attached hydrogens (tertiary/aromatic N) is 1. The Balaban J connectivity index is 1.82. The van der Waals surface area contributed by atoms with Crippen molar-refractivity contribution in [3.8, 4) is 6.07 Å². The summed E-state index contributed by atoms with van der Waals surface area (Å²) in [5.74, 6) is -0.684. The van der Waals surface area contributed by atoms with Crippen LogP contribution >= 0.6 is 0 Å². The second-order valence-corrected chi connectivity index (χ2v) is 5.23. The summed E-state index contributed by atoms with van der Waals surface area (Å²) in [5.41, 5.74) is 0.813. The second-order valence-electron chi connectivity index (χ2n) is 5.23. The van der Waals surface area contributed by atoms with E-state index in [0.717, 1.165) is 31.2 Å². The van der Waals surface area contributed by atoms with Gasteiger partial charge in [-0.25, -0.2) is 4.39 Å². The molecule has 5 heteroatoms. The number of nitriles is 1. The molecular formula is C16H18FNO3. The van der Waals surface area contributed by atoms with Crippen molar-refractivity contribution in [3.05, 3.63) is 35.1 Å². The number of methoxy groups -OCH3 is 1. The minimum absolute atomic E-state index is 0.0223. The number of carbonyl (C=O) groups excluding carboxylic acids is 1. The van der Waals surface area contributed by atoms with Crippen LogP contribution < -0.4 is 0 Å². The molecule has 4 nitrogen and oxygen atoms in total. The van der Waals surface area contributed by atoms with Gasteiger partial charge in [-0.05, 0) is 43.4 Å². The summed E-state index contributed by atoms with van der Waals surface area (Å²) in [4.78, 5) is 11.4. The number of ether oxygens (including phenoxy) is 2. The normalized spacial score (nSPS) is 21.6. The van der Waals surface area contributed by atoms with Crippen LogP contribution in [0.2, 0.25) is 0 Å². The number of rotatable bonds is 4. The van der Waals surface area contributed by atoms with E-state index < -0.39 is 5.82 Å². The second kappa shape index (κ2) is 7.19. The van der Waals surface area contributed by atoms with Crippen molar-refractivity contribution in [3.63, 3.8) is 0 Å². The first kappa shape index (κ1) is 15.5. The highest BCUT2D eigenvalue weighted by molar-refractivity contribution is 5.72. The summed E-state index contributed by atoms with van der Waals surface area (Å²) >= 11 is 0. The first-order valence-electron chi connectivity index (χ1n) is 7.02. The molecule has 0 heterocycles. The van der Waals surface area contributed by atoms with Crippen LogP contribution in [0.25, 0.3) is 0 Å². The van der Waals surface area contributed by atoms with E-state index in [2.05, 4.69) is 0 Å². The Morgan fingerprint density at radius 2 is 2.10 bits per heavy atom. The summed E-state index contributed by atoms with van der Waals surface area (Å²) in [7, 11) is 1.41. The average molecular weight is 291 g/mol. The summed E-state index contributed by atoms with van der Waals surface area (Å²) in [6.07, 6.45) is 3.26. The number of halogens is 1. The smallest absolute Gasteiger partial charge is 0.308 e. The Morgan fingerprint density at radius 3 is 2.71 bits per heavy atom. The molecule has 0 aliphatic heterocycles. The first-order valence-corrected chi connectivity index (χ1v) is 7.02. The van der Waals surface area contributed by atoms with Gasteiger partial charge in [0.25, 0.3) is 0 Å². The van der Waals surface area contributed by atoms with Crippen molar-refractivity contribution in [1.29, 1.82) is 5.26 Å². The van der Waals surface area contributed by atoms with Gasteiger partial charge in [-0.1, -0.05) is 6.07 Å². The van der Waals surface area contributed by atoms with Crippen molar-refractivity contribution in [1.82, 2.24) is 0 Å². The molecule has 0 spiro atoms. The predicted molar refractivity (Wildman–Crippen MR) is 73.7 cm³/mol.